The Hall–Kier alpha value is -2.33. The van der Waals surface area contributed by atoms with Gasteiger partial charge in [-0.05, 0) is 18.2 Å². The zero-order chi connectivity index (χ0) is 15.6. The molecule has 0 radical (unpaired) electrons. The van der Waals surface area contributed by atoms with Crippen LogP contribution in [0.3, 0.4) is 0 Å². The smallest absolute Gasteiger partial charge is 0.417 e. The number of benzene rings is 1. The van der Waals surface area contributed by atoms with E-state index >= 15 is 0 Å². The monoisotopic (exact) mass is 310 g/mol. The van der Waals surface area contributed by atoms with E-state index in [-0.39, 0.29) is 10.3 Å². The summed E-state index contributed by atoms with van der Waals surface area (Å²) in [5.74, 6) is 0.404. The summed E-state index contributed by atoms with van der Waals surface area (Å²) in [7, 11) is 1.42. The molecule has 0 atom stereocenters. The summed E-state index contributed by atoms with van der Waals surface area (Å²) in [5, 5.41) is 8.86. The number of halogens is 3. The number of hydrogen-bond acceptors (Lipinski definition) is 3. The fourth-order valence-electron chi connectivity index (χ4n) is 1.91. The van der Waals surface area contributed by atoms with Crippen molar-refractivity contribution in [2.24, 2.45) is 0 Å². The van der Waals surface area contributed by atoms with Crippen molar-refractivity contribution in [3.8, 4) is 23.1 Å². The van der Waals surface area contributed by atoms with Crippen LogP contribution in [0.1, 0.15) is 11.1 Å². The molecule has 0 saturated heterocycles. The molecule has 3 nitrogen and oxygen atoms in total. The van der Waals surface area contributed by atoms with Gasteiger partial charge in [-0.25, -0.2) is 0 Å². The first kappa shape index (κ1) is 15.1. The number of alkyl halides is 3. The van der Waals surface area contributed by atoms with Crippen molar-refractivity contribution in [3.05, 3.63) is 46.1 Å². The number of nitrogens with one attached hydrogen (secondary N) is 1. The molecular formula is C14H9F3N2OS. The van der Waals surface area contributed by atoms with Gasteiger partial charge in [-0.2, -0.15) is 18.4 Å². The molecule has 1 aromatic carbocycles. The number of H-pyrrole nitrogens is 1. The Labute approximate surface area is 123 Å². The minimum atomic E-state index is -4.66. The number of para-hydroxylation sites is 1. The van der Waals surface area contributed by atoms with Gasteiger partial charge in [0.1, 0.15) is 16.5 Å². The minimum absolute atomic E-state index is 0.142. The number of pyridine rings is 1. The van der Waals surface area contributed by atoms with E-state index < -0.39 is 17.3 Å². The van der Waals surface area contributed by atoms with Crippen molar-refractivity contribution in [1.29, 1.82) is 5.26 Å². The van der Waals surface area contributed by atoms with Gasteiger partial charge in [-0.1, -0.05) is 24.4 Å². The fourth-order valence-corrected chi connectivity index (χ4v) is 2.17. The highest BCUT2D eigenvalue weighted by Crippen LogP contribution is 2.36. The molecule has 0 aliphatic rings. The van der Waals surface area contributed by atoms with Gasteiger partial charge in [-0.15, -0.1) is 0 Å². The second-order valence-corrected chi connectivity index (χ2v) is 4.52. The molecule has 1 N–H and O–H groups in total. The minimum Gasteiger partial charge on any atom is -0.496 e. The van der Waals surface area contributed by atoms with E-state index in [2.05, 4.69) is 4.98 Å². The molecule has 0 fully saturated rings. The summed E-state index contributed by atoms with van der Waals surface area (Å²) in [4.78, 5) is 2.64. The number of nitriles is 1. The fraction of sp³-hybridized carbons (Fsp3) is 0.143. The van der Waals surface area contributed by atoms with Gasteiger partial charge >= 0.3 is 6.18 Å². The van der Waals surface area contributed by atoms with Crippen LogP contribution in [0.4, 0.5) is 13.2 Å². The molecule has 0 saturated carbocycles. The van der Waals surface area contributed by atoms with E-state index in [1.807, 2.05) is 0 Å². The lowest BCUT2D eigenvalue weighted by Crippen LogP contribution is -2.09. The average molecular weight is 310 g/mol. The van der Waals surface area contributed by atoms with Crippen LogP contribution in [-0.4, -0.2) is 12.1 Å². The Balaban J connectivity index is 2.76. The third kappa shape index (κ3) is 2.90. The summed E-state index contributed by atoms with van der Waals surface area (Å²) in [6.45, 7) is 0. The van der Waals surface area contributed by atoms with Crippen molar-refractivity contribution in [3.63, 3.8) is 0 Å². The van der Waals surface area contributed by atoms with Gasteiger partial charge in [0, 0.05) is 5.56 Å². The van der Waals surface area contributed by atoms with Crippen molar-refractivity contribution in [2.75, 3.05) is 7.11 Å². The molecule has 2 rings (SSSR count). The number of ether oxygens (including phenoxy) is 1. The summed E-state index contributed by atoms with van der Waals surface area (Å²) in [6, 6.07) is 8.95. The summed E-state index contributed by atoms with van der Waals surface area (Å²) >= 11 is 4.86. The van der Waals surface area contributed by atoms with Gasteiger partial charge in [0.05, 0.1) is 23.9 Å². The average Bonchev–Trinajstić information content (AvgIpc) is 2.45. The number of methoxy groups -OCH3 is 1. The van der Waals surface area contributed by atoms with Crippen LogP contribution in [0, 0.1) is 16.0 Å². The number of aromatic nitrogens is 1. The first-order chi connectivity index (χ1) is 9.88. The van der Waals surface area contributed by atoms with E-state index in [1.165, 1.54) is 13.2 Å². The maximum absolute atomic E-state index is 13.1. The Morgan fingerprint density at radius 1 is 1.29 bits per heavy atom. The zero-order valence-corrected chi connectivity index (χ0v) is 11.6. The second kappa shape index (κ2) is 5.58. The van der Waals surface area contributed by atoms with Gasteiger partial charge in [0.15, 0.2) is 0 Å². The highest BCUT2D eigenvalue weighted by atomic mass is 32.1. The summed E-state index contributed by atoms with van der Waals surface area (Å²) < 4.78 is 44.0. The largest absolute Gasteiger partial charge is 0.496 e. The Morgan fingerprint density at radius 3 is 2.52 bits per heavy atom. The van der Waals surface area contributed by atoms with Gasteiger partial charge in [0.2, 0.25) is 0 Å². The third-order valence-corrected chi connectivity index (χ3v) is 3.15. The quantitative estimate of drug-likeness (QED) is 0.841. The van der Waals surface area contributed by atoms with E-state index in [1.54, 1.807) is 24.3 Å². The molecule has 0 aliphatic heterocycles. The Bertz CT molecular complexity index is 775. The lowest BCUT2D eigenvalue weighted by Gasteiger charge is -2.13. The standard InChI is InChI=1S/C14H9F3N2OS/c1-20-12-5-3-2-4-8(12)11-6-10(14(15,16)17)9(7-18)13(21)19-11/h2-6H,1H3,(H,19,21). The van der Waals surface area contributed by atoms with Crippen molar-refractivity contribution in [2.45, 2.75) is 6.18 Å². The zero-order valence-electron chi connectivity index (χ0n) is 10.8. The maximum atomic E-state index is 13.1. The van der Waals surface area contributed by atoms with E-state index in [9.17, 15) is 13.2 Å². The molecular weight excluding hydrogens is 301 g/mol. The van der Waals surface area contributed by atoms with Crippen LogP contribution in [0.15, 0.2) is 30.3 Å². The lowest BCUT2D eigenvalue weighted by atomic mass is 10.0. The van der Waals surface area contributed by atoms with Crippen LogP contribution in [-0.2, 0) is 6.18 Å². The highest BCUT2D eigenvalue weighted by Gasteiger charge is 2.35. The van der Waals surface area contributed by atoms with Crippen LogP contribution in [0.2, 0.25) is 0 Å². The summed E-state index contributed by atoms with van der Waals surface area (Å²) in [6.07, 6.45) is -4.66. The first-order valence-corrected chi connectivity index (χ1v) is 6.17. The normalized spacial score (nSPS) is 11.0. The van der Waals surface area contributed by atoms with Gasteiger partial charge in [0.25, 0.3) is 0 Å². The SMILES string of the molecule is COc1ccccc1-c1cc(C(F)(F)F)c(C#N)c(=S)[nH]1. The third-order valence-electron chi connectivity index (χ3n) is 2.85. The first-order valence-electron chi connectivity index (χ1n) is 5.76. The van der Waals surface area contributed by atoms with E-state index in [0.717, 1.165) is 6.07 Å². The van der Waals surface area contributed by atoms with E-state index in [0.29, 0.717) is 11.3 Å². The number of nitrogens with zero attached hydrogens (tertiary/aromatic N) is 1. The number of rotatable bonds is 2. The van der Waals surface area contributed by atoms with Crippen LogP contribution >= 0.6 is 12.2 Å². The molecule has 7 heteroatoms. The second-order valence-electron chi connectivity index (χ2n) is 4.11. The Kier molecular flexibility index (Phi) is 4.00. The molecule has 2 aromatic rings. The highest BCUT2D eigenvalue weighted by molar-refractivity contribution is 7.71. The molecule has 1 aromatic heterocycles. The van der Waals surface area contributed by atoms with Gasteiger partial charge < -0.3 is 9.72 Å². The number of aromatic amines is 1. The molecule has 0 aliphatic carbocycles. The van der Waals surface area contributed by atoms with Crippen LogP contribution < -0.4 is 4.74 Å². The Morgan fingerprint density at radius 2 is 1.95 bits per heavy atom. The molecule has 108 valence electrons. The van der Waals surface area contributed by atoms with Crippen molar-refractivity contribution >= 4 is 12.2 Å². The van der Waals surface area contributed by atoms with Crippen LogP contribution in [0.5, 0.6) is 5.75 Å². The molecule has 0 amide bonds. The van der Waals surface area contributed by atoms with Crippen molar-refractivity contribution in [1.82, 2.24) is 4.98 Å². The molecule has 0 spiro atoms. The predicted octanol–water partition coefficient (Wildman–Crippen LogP) is 4.31. The van der Waals surface area contributed by atoms with Crippen molar-refractivity contribution < 1.29 is 17.9 Å². The topological polar surface area (TPSA) is 48.8 Å². The maximum Gasteiger partial charge on any atom is 0.417 e. The number of hydrogen-bond donors (Lipinski definition) is 1. The van der Waals surface area contributed by atoms with E-state index in [4.69, 9.17) is 22.2 Å². The van der Waals surface area contributed by atoms with Crippen LogP contribution in [0.25, 0.3) is 11.3 Å². The molecule has 0 bridgehead atoms. The molecule has 1 heterocycles. The predicted molar refractivity (Wildman–Crippen MR) is 73.3 cm³/mol. The lowest BCUT2D eigenvalue weighted by molar-refractivity contribution is -0.137. The molecule has 0 unspecified atom stereocenters. The molecule has 21 heavy (non-hydrogen) atoms. The van der Waals surface area contributed by atoms with Gasteiger partial charge in [-0.3, -0.25) is 0 Å². The summed E-state index contributed by atoms with van der Waals surface area (Å²) in [5.41, 5.74) is -1.07.